The number of amides is 1. The summed E-state index contributed by atoms with van der Waals surface area (Å²) in [5, 5.41) is 3.77. The van der Waals surface area contributed by atoms with Crippen LogP contribution in [0, 0.1) is 0 Å². The van der Waals surface area contributed by atoms with Crippen LogP contribution in [0.1, 0.15) is 20.8 Å². The highest BCUT2D eigenvalue weighted by molar-refractivity contribution is 6.09. The third-order valence-electron chi connectivity index (χ3n) is 3.76. The Kier molecular flexibility index (Phi) is 3.85. The molecule has 5 heteroatoms. The van der Waals surface area contributed by atoms with Crippen LogP contribution in [0.4, 0.5) is 5.69 Å². The van der Waals surface area contributed by atoms with Gasteiger partial charge in [-0.1, -0.05) is 30.3 Å². The summed E-state index contributed by atoms with van der Waals surface area (Å²) in [6.07, 6.45) is 0. The fraction of sp³-hybridized carbons (Fsp3) is 0.111. The summed E-state index contributed by atoms with van der Waals surface area (Å²) in [6.45, 7) is 0. The van der Waals surface area contributed by atoms with Gasteiger partial charge in [0.05, 0.1) is 18.4 Å². The van der Waals surface area contributed by atoms with Gasteiger partial charge >= 0.3 is 5.97 Å². The number of carbonyl (C=O) groups excluding carboxylic acids is 2. The molecule has 0 saturated carbocycles. The fourth-order valence-corrected chi connectivity index (χ4v) is 2.57. The fourth-order valence-electron chi connectivity index (χ4n) is 2.57. The van der Waals surface area contributed by atoms with Gasteiger partial charge in [0.2, 0.25) is 0 Å². The topological polar surface area (TPSA) is 60.3 Å². The number of hydrogen-bond acceptors (Lipinski definition) is 3. The molecule has 0 fully saturated rings. The van der Waals surface area contributed by atoms with Gasteiger partial charge < -0.3 is 14.6 Å². The second kappa shape index (κ2) is 5.96. The number of hydrogen-bond donors (Lipinski definition) is 1. The van der Waals surface area contributed by atoms with E-state index in [0.29, 0.717) is 16.9 Å². The molecule has 0 aliphatic heterocycles. The van der Waals surface area contributed by atoms with Crippen LogP contribution < -0.4 is 5.32 Å². The predicted molar refractivity (Wildman–Crippen MR) is 88.7 cm³/mol. The van der Waals surface area contributed by atoms with Gasteiger partial charge in [0.1, 0.15) is 5.69 Å². The Labute approximate surface area is 133 Å². The lowest BCUT2D eigenvalue weighted by Gasteiger charge is -2.10. The molecule has 0 radical (unpaired) electrons. The van der Waals surface area contributed by atoms with Crippen LogP contribution in [0.25, 0.3) is 10.9 Å². The largest absolute Gasteiger partial charge is 0.465 e. The van der Waals surface area contributed by atoms with E-state index >= 15 is 0 Å². The van der Waals surface area contributed by atoms with Gasteiger partial charge in [-0.15, -0.1) is 0 Å². The summed E-state index contributed by atoms with van der Waals surface area (Å²) < 4.78 is 6.57. The molecule has 0 unspecified atom stereocenters. The van der Waals surface area contributed by atoms with Crippen molar-refractivity contribution >= 4 is 28.5 Å². The normalized spacial score (nSPS) is 10.5. The maximum atomic E-state index is 12.6. The number of nitrogens with one attached hydrogen (secondary N) is 1. The number of fused-ring (bicyclic) bond motifs is 1. The van der Waals surface area contributed by atoms with Crippen molar-refractivity contribution in [1.29, 1.82) is 0 Å². The van der Waals surface area contributed by atoms with E-state index in [0.717, 1.165) is 10.9 Å². The maximum Gasteiger partial charge on any atom is 0.339 e. The molecule has 0 spiro atoms. The zero-order chi connectivity index (χ0) is 16.4. The molecule has 5 nitrogen and oxygen atoms in total. The highest BCUT2D eigenvalue weighted by atomic mass is 16.5. The van der Waals surface area contributed by atoms with E-state index < -0.39 is 5.97 Å². The number of aryl methyl sites for hydroxylation is 1. The minimum Gasteiger partial charge on any atom is -0.465 e. The molecular weight excluding hydrogens is 292 g/mol. The van der Waals surface area contributed by atoms with Gasteiger partial charge in [-0.3, -0.25) is 4.79 Å². The monoisotopic (exact) mass is 308 g/mol. The van der Waals surface area contributed by atoms with E-state index in [1.165, 1.54) is 7.11 Å². The van der Waals surface area contributed by atoms with Gasteiger partial charge in [0, 0.05) is 18.0 Å². The number of esters is 1. The number of ether oxygens (including phenoxy) is 1. The van der Waals surface area contributed by atoms with Crippen LogP contribution >= 0.6 is 0 Å². The molecule has 3 aromatic rings. The van der Waals surface area contributed by atoms with Crippen LogP contribution in [0.2, 0.25) is 0 Å². The molecule has 1 aromatic heterocycles. The number of aromatic nitrogens is 1. The standard InChI is InChI=1S/C18H16N2O3/c1-20-15-10-6-3-7-12(15)11-16(20)17(21)19-14-9-5-4-8-13(14)18(22)23-2/h3-11H,1-2H3,(H,19,21). The Balaban J connectivity index is 1.96. The van der Waals surface area contributed by atoms with E-state index in [9.17, 15) is 9.59 Å². The minimum atomic E-state index is -0.488. The van der Waals surface area contributed by atoms with Crippen LogP contribution in [-0.4, -0.2) is 23.6 Å². The Morgan fingerprint density at radius 2 is 1.74 bits per heavy atom. The lowest BCUT2D eigenvalue weighted by atomic mass is 10.1. The van der Waals surface area contributed by atoms with Crippen molar-refractivity contribution in [3.8, 4) is 0 Å². The van der Waals surface area contributed by atoms with Crippen molar-refractivity contribution in [3.05, 3.63) is 65.9 Å². The Bertz CT molecular complexity index is 896. The molecule has 23 heavy (non-hydrogen) atoms. The van der Waals surface area contributed by atoms with E-state index in [-0.39, 0.29) is 5.91 Å². The summed E-state index contributed by atoms with van der Waals surface area (Å²) in [5.41, 5.74) is 2.24. The van der Waals surface area contributed by atoms with Crippen LogP contribution in [0.3, 0.4) is 0 Å². The summed E-state index contributed by atoms with van der Waals surface area (Å²) in [6, 6.07) is 16.3. The van der Waals surface area contributed by atoms with Crippen molar-refractivity contribution < 1.29 is 14.3 Å². The lowest BCUT2D eigenvalue weighted by molar-refractivity contribution is 0.0602. The first-order chi connectivity index (χ1) is 11.1. The van der Waals surface area contributed by atoms with Gasteiger partial charge in [-0.25, -0.2) is 4.79 Å². The third kappa shape index (κ3) is 2.68. The summed E-state index contributed by atoms with van der Waals surface area (Å²) in [5.74, 6) is -0.766. The molecule has 0 aliphatic carbocycles. The van der Waals surface area contributed by atoms with Gasteiger partial charge in [0.25, 0.3) is 5.91 Å². The molecule has 0 aliphatic rings. The van der Waals surface area contributed by atoms with Crippen molar-refractivity contribution in [3.63, 3.8) is 0 Å². The zero-order valence-electron chi connectivity index (χ0n) is 12.9. The number of methoxy groups -OCH3 is 1. The predicted octanol–water partition coefficient (Wildman–Crippen LogP) is 3.22. The number of benzene rings is 2. The van der Waals surface area contributed by atoms with Crippen molar-refractivity contribution in [2.75, 3.05) is 12.4 Å². The second-order valence-electron chi connectivity index (χ2n) is 5.14. The molecule has 2 aromatic carbocycles. The molecule has 0 saturated heterocycles. The number of anilines is 1. The first-order valence-electron chi connectivity index (χ1n) is 7.15. The summed E-state index contributed by atoms with van der Waals surface area (Å²) >= 11 is 0. The molecular formula is C18H16N2O3. The molecule has 116 valence electrons. The van der Waals surface area contributed by atoms with Gasteiger partial charge in [0.15, 0.2) is 0 Å². The smallest absolute Gasteiger partial charge is 0.339 e. The molecule has 0 bridgehead atoms. The van der Waals surface area contributed by atoms with Crippen molar-refractivity contribution in [2.24, 2.45) is 7.05 Å². The average Bonchev–Trinajstić information content (AvgIpc) is 2.92. The van der Waals surface area contributed by atoms with E-state index in [1.54, 1.807) is 24.3 Å². The molecule has 1 heterocycles. The van der Waals surface area contributed by atoms with Crippen LogP contribution in [-0.2, 0) is 11.8 Å². The molecule has 3 rings (SSSR count). The number of para-hydroxylation sites is 2. The summed E-state index contributed by atoms with van der Waals surface area (Å²) in [7, 11) is 3.15. The number of carbonyl (C=O) groups is 2. The summed E-state index contributed by atoms with van der Waals surface area (Å²) in [4.78, 5) is 24.4. The van der Waals surface area contributed by atoms with Gasteiger partial charge in [-0.2, -0.15) is 0 Å². The van der Waals surface area contributed by atoms with Gasteiger partial charge in [-0.05, 0) is 24.3 Å². The number of rotatable bonds is 3. The highest BCUT2D eigenvalue weighted by Crippen LogP contribution is 2.21. The van der Waals surface area contributed by atoms with E-state index in [1.807, 2.05) is 41.9 Å². The Morgan fingerprint density at radius 1 is 1.04 bits per heavy atom. The van der Waals surface area contributed by atoms with Crippen LogP contribution in [0.5, 0.6) is 0 Å². The third-order valence-corrected chi connectivity index (χ3v) is 3.76. The zero-order valence-corrected chi connectivity index (χ0v) is 12.9. The van der Waals surface area contributed by atoms with Crippen LogP contribution in [0.15, 0.2) is 54.6 Å². The Hall–Kier alpha value is -3.08. The quantitative estimate of drug-likeness (QED) is 0.756. The average molecular weight is 308 g/mol. The first kappa shape index (κ1) is 14.8. The minimum absolute atomic E-state index is 0.278. The van der Waals surface area contributed by atoms with E-state index in [2.05, 4.69) is 5.32 Å². The first-order valence-corrected chi connectivity index (χ1v) is 7.15. The van der Waals surface area contributed by atoms with Crippen molar-refractivity contribution in [2.45, 2.75) is 0 Å². The molecule has 1 amide bonds. The molecule has 0 atom stereocenters. The van der Waals surface area contributed by atoms with Crippen molar-refractivity contribution in [1.82, 2.24) is 4.57 Å². The number of nitrogens with zero attached hydrogens (tertiary/aromatic N) is 1. The highest BCUT2D eigenvalue weighted by Gasteiger charge is 2.17. The SMILES string of the molecule is COC(=O)c1ccccc1NC(=O)c1cc2ccccc2n1C. The second-order valence-corrected chi connectivity index (χ2v) is 5.14. The van der Waals surface area contributed by atoms with E-state index in [4.69, 9.17) is 4.74 Å². The lowest BCUT2D eigenvalue weighted by Crippen LogP contribution is -2.17. The Morgan fingerprint density at radius 3 is 2.48 bits per heavy atom. The maximum absolute atomic E-state index is 12.6. The molecule has 1 N–H and O–H groups in total.